The maximum Gasteiger partial charge on any atom is 0.252 e. The Morgan fingerprint density at radius 3 is 2.83 bits per heavy atom. The minimum Gasteiger partial charge on any atom is -0.348 e. The lowest BCUT2D eigenvalue weighted by atomic mass is 10.2. The first-order valence-corrected chi connectivity index (χ1v) is 7.06. The number of thiophene rings is 1. The van der Waals surface area contributed by atoms with Crippen molar-refractivity contribution >= 4 is 33.2 Å². The monoisotopic (exact) mass is 327 g/mol. The predicted molar refractivity (Wildman–Crippen MR) is 74.3 cm³/mol. The Morgan fingerprint density at radius 2 is 2.22 bits per heavy atom. The lowest BCUT2D eigenvalue weighted by molar-refractivity contribution is 0.0950. The quantitative estimate of drug-likeness (QED) is 0.910. The van der Waals surface area contributed by atoms with E-state index in [0.29, 0.717) is 16.6 Å². The molecule has 0 fully saturated rings. The summed E-state index contributed by atoms with van der Waals surface area (Å²) in [5.74, 6) is -0.584. The Hall–Kier alpha value is -1.20. The van der Waals surface area contributed by atoms with Crippen LogP contribution in [0.25, 0.3) is 0 Å². The third kappa shape index (κ3) is 2.97. The third-order valence-corrected chi connectivity index (χ3v) is 4.14. The molecule has 94 valence electrons. The fraction of sp³-hybridized carbons (Fsp3) is 0.154. The molecule has 0 saturated carbocycles. The van der Waals surface area contributed by atoms with Crippen LogP contribution in [0.3, 0.4) is 0 Å². The van der Waals surface area contributed by atoms with E-state index in [1.807, 2.05) is 17.7 Å². The van der Waals surface area contributed by atoms with E-state index in [1.54, 1.807) is 11.3 Å². The Balaban J connectivity index is 2.06. The molecule has 2 rings (SSSR count). The zero-order chi connectivity index (χ0) is 13.1. The highest BCUT2D eigenvalue weighted by atomic mass is 79.9. The second-order valence-electron chi connectivity index (χ2n) is 3.89. The van der Waals surface area contributed by atoms with Gasteiger partial charge in [0.05, 0.1) is 5.56 Å². The van der Waals surface area contributed by atoms with Crippen LogP contribution in [-0.4, -0.2) is 5.91 Å². The molecule has 0 radical (unpaired) electrons. The summed E-state index contributed by atoms with van der Waals surface area (Å²) >= 11 is 4.79. The zero-order valence-electron chi connectivity index (χ0n) is 9.67. The van der Waals surface area contributed by atoms with Crippen LogP contribution in [0.2, 0.25) is 0 Å². The van der Waals surface area contributed by atoms with Gasteiger partial charge in [-0.2, -0.15) is 11.3 Å². The van der Waals surface area contributed by atoms with E-state index in [0.717, 1.165) is 5.56 Å². The normalized spacial score (nSPS) is 10.4. The number of halogens is 2. The van der Waals surface area contributed by atoms with Crippen molar-refractivity contribution in [3.8, 4) is 0 Å². The summed E-state index contributed by atoms with van der Waals surface area (Å²) in [6, 6.07) is 4.02. The van der Waals surface area contributed by atoms with Crippen LogP contribution in [0.15, 0.2) is 33.4 Å². The van der Waals surface area contributed by atoms with Crippen molar-refractivity contribution in [2.24, 2.45) is 0 Å². The van der Waals surface area contributed by atoms with E-state index in [-0.39, 0.29) is 11.7 Å². The minimum absolute atomic E-state index is 0.215. The van der Waals surface area contributed by atoms with E-state index in [1.165, 1.54) is 23.8 Å². The largest absolute Gasteiger partial charge is 0.348 e. The van der Waals surface area contributed by atoms with E-state index in [9.17, 15) is 9.18 Å². The molecule has 1 aromatic heterocycles. The van der Waals surface area contributed by atoms with Gasteiger partial charge < -0.3 is 5.32 Å². The summed E-state index contributed by atoms with van der Waals surface area (Å²) in [6.45, 7) is 2.49. The number of hydrogen-bond donors (Lipinski definition) is 1. The molecule has 1 heterocycles. The SMILES string of the molecule is Cc1cscc1CNC(=O)c1ccc(F)cc1Br. The van der Waals surface area contributed by atoms with Crippen molar-refractivity contribution in [2.75, 3.05) is 0 Å². The summed E-state index contributed by atoms with van der Waals surface area (Å²) in [6.07, 6.45) is 0. The predicted octanol–water partition coefficient (Wildman–Crippen LogP) is 3.89. The van der Waals surface area contributed by atoms with Gasteiger partial charge in [-0.1, -0.05) is 0 Å². The van der Waals surface area contributed by atoms with Crippen LogP contribution in [0.4, 0.5) is 4.39 Å². The molecule has 0 aliphatic rings. The average molecular weight is 328 g/mol. The van der Waals surface area contributed by atoms with Crippen molar-refractivity contribution in [3.05, 3.63) is 55.9 Å². The van der Waals surface area contributed by atoms with Crippen molar-refractivity contribution < 1.29 is 9.18 Å². The molecule has 5 heteroatoms. The highest BCUT2D eigenvalue weighted by Crippen LogP contribution is 2.18. The van der Waals surface area contributed by atoms with Gasteiger partial charge >= 0.3 is 0 Å². The standard InChI is InChI=1S/C13H11BrFNOS/c1-8-6-18-7-9(8)5-16-13(17)11-3-2-10(15)4-12(11)14/h2-4,6-7H,5H2,1H3,(H,16,17). The lowest BCUT2D eigenvalue weighted by Crippen LogP contribution is -2.23. The van der Waals surface area contributed by atoms with Crippen molar-refractivity contribution in [1.82, 2.24) is 5.32 Å². The van der Waals surface area contributed by atoms with Gasteiger partial charge in [-0.25, -0.2) is 4.39 Å². The maximum atomic E-state index is 12.9. The van der Waals surface area contributed by atoms with Gasteiger partial charge in [0.25, 0.3) is 5.91 Å². The molecule has 2 nitrogen and oxygen atoms in total. The maximum absolute atomic E-state index is 12.9. The van der Waals surface area contributed by atoms with Crippen LogP contribution in [-0.2, 0) is 6.54 Å². The molecule has 0 unspecified atom stereocenters. The highest BCUT2D eigenvalue weighted by Gasteiger charge is 2.10. The summed E-state index contributed by atoms with van der Waals surface area (Å²) in [7, 11) is 0. The van der Waals surface area contributed by atoms with Crippen LogP contribution < -0.4 is 5.32 Å². The Kier molecular flexibility index (Phi) is 4.14. The van der Waals surface area contributed by atoms with Crippen molar-refractivity contribution in [1.29, 1.82) is 0 Å². The minimum atomic E-state index is -0.368. The molecular weight excluding hydrogens is 317 g/mol. The first kappa shape index (κ1) is 13.2. The highest BCUT2D eigenvalue weighted by molar-refractivity contribution is 9.10. The molecule has 0 aliphatic carbocycles. The summed E-state index contributed by atoms with van der Waals surface area (Å²) < 4.78 is 13.4. The summed E-state index contributed by atoms with van der Waals surface area (Å²) in [5.41, 5.74) is 2.70. The van der Waals surface area contributed by atoms with Crippen molar-refractivity contribution in [3.63, 3.8) is 0 Å². The van der Waals surface area contributed by atoms with Gasteiger partial charge in [-0.15, -0.1) is 0 Å². The molecule has 0 saturated heterocycles. The second-order valence-corrected chi connectivity index (χ2v) is 5.48. The Bertz CT molecular complexity index is 582. The Labute approximate surface area is 117 Å². The molecule has 1 amide bonds. The second kappa shape index (κ2) is 5.63. The van der Waals surface area contributed by atoms with Crippen molar-refractivity contribution in [2.45, 2.75) is 13.5 Å². The van der Waals surface area contributed by atoms with E-state index >= 15 is 0 Å². The molecule has 0 aliphatic heterocycles. The molecule has 1 N–H and O–H groups in total. The summed E-state index contributed by atoms with van der Waals surface area (Å²) in [5, 5.41) is 6.86. The lowest BCUT2D eigenvalue weighted by Gasteiger charge is -2.06. The molecule has 1 aromatic carbocycles. The first-order valence-electron chi connectivity index (χ1n) is 5.33. The fourth-order valence-electron chi connectivity index (χ4n) is 1.51. The van der Waals surface area contributed by atoms with Crippen LogP contribution in [0, 0.1) is 12.7 Å². The van der Waals surface area contributed by atoms with Gasteiger partial charge in [0.1, 0.15) is 5.82 Å². The van der Waals surface area contributed by atoms with Crippen LogP contribution >= 0.6 is 27.3 Å². The number of amides is 1. The topological polar surface area (TPSA) is 29.1 Å². The number of carbonyl (C=O) groups is 1. The molecule has 18 heavy (non-hydrogen) atoms. The van der Waals surface area contributed by atoms with Gasteiger partial charge in [0, 0.05) is 11.0 Å². The molecule has 0 bridgehead atoms. The van der Waals surface area contributed by atoms with Gasteiger partial charge in [0.15, 0.2) is 0 Å². The van der Waals surface area contributed by atoms with Crippen LogP contribution in [0.5, 0.6) is 0 Å². The number of aryl methyl sites for hydroxylation is 1. The summed E-state index contributed by atoms with van der Waals surface area (Å²) in [4.78, 5) is 11.9. The number of benzene rings is 1. The molecule has 0 spiro atoms. The van der Waals surface area contributed by atoms with E-state index < -0.39 is 0 Å². The molecule has 0 atom stereocenters. The van der Waals surface area contributed by atoms with Gasteiger partial charge in [0.2, 0.25) is 0 Å². The van der Waals surface area contributed by atoms with E-state index in [2.05, 4.69) is 21.2 Å². The van der Waals surface area contributed by atoms with Gasteiger partial charge in [-0.05, 0) is 62.9 Å². The average Bonchev–Trinajstić information content (AvgIpc) is 2.72. The fourth-order valence-corrected chi connectivity index (χ4v) is 2.90. The van der Waals surface area contributed by atoms with E-state index in [4.69, 9.17) is 0 Å². The number of hydrogen-bond acceptors (Lipinski definition) is 2. The molecule has 2 aromatic rings. The van der Waals surface area contributed by atoms with Gasteiger partial charge in [-0.3, -0.25) is 4.79 Å². The Morgan fingerprint density at radius 1 is 1.44 bits per heavy atom. The first-order chi connectivity index (χ1) is 8.58. The number of rotatable bonds is 3. The number of carbonyl (C=O) groups excluding carboxylic acids is 1. The zero-order valence-corrected chi connectivity index (χ0v) is 12.1. The smallest absolute Gasteiger partial charge is 0.252 e. The number of nitrogens with one attached hydrogen (secondary N) is 1. The van der Waals surface area contributed by atoms with Crippen LogP contribution in [0.1, 0.15) is 21.5 Å². The third-order valence-electron chi connectivity index (χ3n) is 2.58. The molecular formula is C13H11BrFNOS.